The smallest absolute Gasteiger partial charge is 0.323 e. The molecule has 1 aliphatic heterocycles. The summed E-state index contributed by atoms with van der Waals surface area (Å²) in [6.45, 7) is 3.72. The lowest BCUT2D eigenvalue weighted by Gasteiger charge is -2.30. The molecule has 38 heavy (non-hydrogen) atoms. The molecular formula is C27H27ClFN5O4. The average Bonchev–Trinajstić information content (AvgIpc) is 3.72. The SMILES string of the molecule is C[C@@H]1C(=O)OCCN1CC=CC(=O)Nc1cc2c(Nc3ccc(F)c(Cl)c3)ncnc2cc1OCC1CC1. The minimum Gasteiger partial charge on any atom is -0.491 e. The number of morpholine rings is 1. The number of cyclic esters (lactones) is 1. The number of hydrogen-bond donors (Lipinski definition) is 2. The van der Waals surface area contributed by atoms with E-state index in [1.807, 2.05) is 4.90 Å². The molecule has 5 rings (SSSR count). The molecule has 3 aromatic rings. The van der Waals surface area contributed by atoms with Gasteiger partial charge in [0.25, 0.3) is 0 Å². The maximum Gasteiger partial charge on any atom is 0.323 e. The molecular weight excluding hydrogens is 513 g/mol. The van der Waals surface area contributed by atoms with Crippen LogP contribution in [0.5, 0.6) is 5.75 Å². The Morgan fingerprint density at radius 1 is 1.29 bits per heavy atom. The molecule has 2 N–H and O–H groups in total. The van der Waals surface area contributed by atoms with Gasteiger partial charge in [0.05, 0.1) is 22.8 Å². The van der Waals surface area contributed by atoms with Gasteiger partial charge < -0.3 is 20.1 Å². The molecule has 1 saturated carbocycles. The second-order valence-corrected chi connectivity index (χ2v) is 9.73. The summed E-state index contributed by atoms with van der Waals surface area (Å²) in [4.78, 5) is 35.2. The van der Waals surface area contributed by atoms with Gasteiger partial charge in [-0.2, -0.15) is 0 Å². The van der Waals surface area contributed by atoms with Crippen LogP contribution in [-0.4, -0.2) is 59.1 Å². The summed E-state index contributed by atoms with van der Waals surface area (Å²) in [5.41, 5.74) is 1.63. The molecule has 1 aliphatic carbocycles. The molecule has 2 heterocycles. The van der Waals surface area contributed by atoms with Gasteiger partial charge in [0.15, 0.2) is 0 Å². The number of halogens is 2. The van der Waals surface area contributed by atoms with Crippen LogP contribution in [0.25, 0.3) is 10.9 Å². The van der Waals surface area contributed by atoms with Crippen molar-refractivity contribution in [3.63, 3.8) is 0 Å². The van der Waals surface area contributed by atoms with E-state index >= 15 is 0 Å². The first kappa shape index (κ1) is 25.9. The number of benzene rings is 2. The van der Waals surface area contributed by atoms with E-state index in [0.29, 0.717) is 66.1 Å². The maximum absolute atomic E-state index is 13.6. The van der Waals surface area contributed by atoms with Crippen LogP contribution in [0.15, 0.2) is 48.8 Å². The highest BCUT2D eigenvalue weighted by Crippen LogP contribution is 2.36. The van der Waals surface area contributed by atoms with Crippen LogP contribution >= 0.6 is 11.6 Å². The summed E-state index contributed by atoms with van der Waals surface area (Å²) in [5.74, 6) is 0.353. The number of rotatable bonds is 9. The fraction of sp³-hybridized carbons (Fsp3) is 0.333. The van der Waals surface area contributed by atoms with Gasteiger partial charge >= 0.3 is 5.97 Å². The summed E-state index contributed by atoms with van der Waals surface area (Å²) in [6.07, 6.45) is 6.81. The predicted molar refractivity (Wildman–Crippen MR) is 142 cm³/mol. The molecule has 2 fully saturated rings. The Kier molecular flexibility index (Phi) is 7.71. The van der Waals surface area contributed by atoms with Crippen molar-refractivity contribution >= 4 is 51.6 Å². The standard InChI is InChI=1S/C27H27ClFN5O4/c1-16-27(36)37-10-9-34(16)8-2-3-25(35)33-23-12-19-22(13-24(23)38-14-17-4-5-17)30-15-31-26(19)32-18-6-7-21(29)20(28)11-18/h2-3,6-7,11-13,15-17H,4-5,8-10,14H2,1H3,(H,33,35)(H,30,31,32)/t16-/m1/s1. The van der Waals surface area contributed by atoms with Crippen molar-refractivity contribution in [1.82, 2.24) is 14.9 Å². The Labute approximate surface area is 224 Å². The Bertz CT molecular complexity index is 1400. The third-order valence-corrected chi connectivity index (χ3v) is 6.76. The molecule has 0 unspecified atom stereocenters. The Balaban J connectivity index is 1.37. The Hall–Kier alpha value is -3.76. The molecule has 9 nitrogen and oxygen atoms in total. The first-order chi connectivity index (χ1) is 18.4. The van der Waals surface area contributed by atoms with Crippen molar-refractivity contribution in [3.05, 3.63) is 59.7 Å². The first-order valence-corrected chi connectivity index (χ1v) is 12.8. The maximum atomic E-state index is 13.6. The Morgan fingerprint density at radius 2 is 2.13 bits per heavy atom. The average molecular weight is 540 g/mol. The number of aromatic nitrogens is 2. The van der Waals surface area contributed by atoms with Crippen LogP contribution in [0.1, 0.15) is 19.8 Å². The van der Waals surface area contributed by atoms with E-state index in [-0.39, 0.29) is 22.9 Å². The molecule has 1 atom stereocenters. The summed E-state index contributed by atoms with van der Waals surface area (Å²) < 4.78 is 24.7. The lowest BCUT2D eigenvalue weighted by molar-refractivity contribution is -0.155. The third-order valence-electron chi connectivity index (χ3n) is 6.47. The number of fused-ring (bicyclic) bond motifs is 1. The molecule has 2 aliphatic rings. The lowest BCUT2D eigenvalue weighted by atomic mass is 10.1. The van der Waals surface area contributed by atoms with Crippen molar-refractivity contribution in [3.8, 4) is 5.75 Å². The second kappa shape index (κ2) is 11.3. The highest BCUT2D eigenvalue weighted by Gasteiger charge is 2.26. The minimum atomic E-state index is -0.519. The number of anilines is 3. The zero-order chi connectivity index (χ0) is 26.6. The number of nitrogens with one attached hydrogen (secondary N) is 2. The second-order valence-electron chi connectivity index (χ2n) is 9.33. The van der Waals surface area contributed by atoms with E-state index < -0.39 is 5.82 Å². The number of amides is 1. The van der Waals surface area contributed by atoms with Crippen LogP contribution in [0.4, 0.5) is 21.6 Å². The van der Waals surface area contributed by atoms with Crippen molar-refractivity contribution < 1.29 is 23.5 Å². The van der Waals surface area contributed by atoms with E-state index in [2.05, 4.69) is 20.6 Å². The fourth-order valence-corrected chi connectivity index (χ4v) is 4.23. The van der Waals surface area contributed by atoms with Gasteiger partial charge in [0.1, 0.15) is 36.4 Å². The van der Waals surface area contributed by atoms with Crippen molar-refractivity contribution in [2.24, 2.45) is 5.92 Å². The van der Waals surface area contributed by atoms with Gasteiger partial charge in [-0.1, -0.05) is 17.7 Å². The number of hydrogen-bond acceptors (Lipinski definition) is 8. The summed E-state index contributed by atoms with van der Waals surface area (Å²) in [5, 5.41) is 6.65. The van der Waals surface area contributed by atoms with Crippen LogP contribution in [0.2, 0.25) is 5.02 Å². The highest BCUT2D eigenvalue weighted by molar-refractivity contribution is 6.31. The lowest BCUT2D eigenvalue weighted by Crippen LogP contribution is -2.47. The number of esters is 1. The zero-order valence-corrected chi connectivity index (χ0v) is 21.5. The van der Waals surface area contributed by atoms with Crippen molar-refractivity contribution in [1.29, 1.82) is 0 Å². The first-order valence-electron chi connectivity index (χ1n) is 12.4. The van der Waals surface area contributed by atoms with Gasteiger partial charge in [-0.05, 0) is 49.9 Å². The van der Waals surface area contributed by atoms with Crippen molar-refractivity contribution in [2.75, 3.05) is 36.9 Å². The van der Waals surface area contributed by atoms with Crippen LogP contribution < -0.4 is 15.4 Å². The van der Waals surface area contributed by atoms with E-state index in [4.69, 9.17) is 21.1 Å². The van der Waals surface area contributed by atoms with Gasteiger partial charge in [0, 0.05) is 36.3 Å². The fourth-order valence-electron chi connectivity index (χ4n) is 4.05. The Morgan fingerprint density at radius 3 is 2.92 bits per heavy atom. The molecule has 0 bridgehead atoms. The van der Waals surface area contributed by atoms with Crippen LogP contribution in [0.3, 0.4) is 0 Å². The molecule has 0 radical (unpaired) electrons. The molecule has 1 amide bonds. The summed E-state index contributed by atoms with van der Waals surface area (Å²) in [6, 6.07) is 7.44. The zero-order valence-electron chi connectivity index (χ0n) is 20.7. The third kappa shape index (κ3) is 6.20. The van der Waals surface area contributed by atoms with Gasteiger partial charge in [-0.3, -0.25) is 14.5 Å². The minimum absolute atomic E-state index is 0.0142. The van der Waals surface area contributed by atoms with E-state index in [9.17, 15) is 14.0 Å². The topological polar surface area (TPSA) is 106 Å². The van der Waals surface area contributed by atoms with Crippen LogP contribution in [0, 0.1) is 11.7 Å². The van der Waals surface area contributed by atoms with E-state index in [0.717, 1.165) is 12.8 Å². The molecule has 11 heteroatoms. The van der Waals surface area contributed by atoms with E-state index in [1.54, 1.807) is 31.2 Å². The number of carbonyl (C=O) groups excluding carboxylic acids is 2. The molecule has 0 spiro atoms. The van der Waals surface area contributed by atoms with Crippen LogP contribution in [-0.2, 0) is 14.3 Å². The predicted octanol–water partition coefficient (Wildman–Crippen LogP) is 4.70. The number of ether oxygens (including phenoxy) is 2. The van der Waals surface area contributed by atoms with Crippen molar-refractivity contribution in [2.45, 2.75) is 25.8 Å². The van der Waals surface area contributed by atoms with Gasteiger partial charge in [-0.25, -0.2) is 14.4 Å². The molecule has 2 aromatic carbocycles. The van der Waals surface area contributed by atoms with Gasteiger partial charge in [-0.15, -0.1) is 0 Å². The van der Waals surface area contributed by atoms with E-state index in [1.165, 1.54) is 24.5 Å². The summed E-state index contributed by atoms with van der Waals surface area (Å²) in [7, 11) is 0. The quantitative estimate of drug-likeness (QED) is 0.298. The molecule has 1 aromatic heterocycles. The summed E-state index contributed by atoms with van der Waals surface area (Å²) >= 11 is 5.93. The normalized spacial score (nSPS) is 18.0. The molecule has 198 valence electrons. The monoisotopic (exact) mass is 539 g/mol. The number of nitrogens with zero attached hydrogens (tertiary/aromatic N) is 3. The largest absolute Gasteiger partial charge is 0.491 e. The number of carbonyl (C=O) groups is 2. The highest BCUT2D eigenvalue weighted by atomic mass is 35.5. The van der Waals surface area contributed by atoms with Gasteiger partial charge in [0.2, 0.25) is 5.91 Å². The molecule has 1 saturated heterocycles.